The van der Waals surface area contributed by atoms with Crippen LogP contribution in [0.4, 0.5) is 18.0 Å². The van der Waals surface area contributed by atoms with Crippen molar-refractivity contribution in [2.45, 2.75) is 71.4 Å². The third-order valence-corrected chi connectivity index (χ3v) is 6.78. The molecule has 3 amide bonds. The van der Waals surface area contributed by atoms with Crippen molar-refractivity contribution < 1.29 is 32.3 Å². The first-order valence-electron chi connectivity index (χ1n) is 11.4. The van der Waals surface area contributed by atoms with Crippen molar-refractivity contribution in [3.8, 4) is 0 Å². The lowest BCUT2D eigenvalue weighted by atomic mass is 9.88. The van der Waals surface area contributed by atoms with Gasteiger partial charge in [0.2, 0.25) is 5.91 Å². The minimum absolute atomic E-state index is 0.0432. The predicted molar refractivity (Wildman–Crippen MR) is 116 cm³/mol. The number of carbonyl (C=O) groups is 3. The fraction of sp³-hybridized carbons (Fsp3) is 0.727. The van der Waals surface area contributed by atoms with Gasteiger partial charge in [-0.25, -0.2) is 9.78 Å². The van der Waals surface area contributed by atoms with E-state index in [0.717, 1.165) is 6.92 Å². The molecule has 12 heteroatoms. The summed E-state index contributed by atoms with van der Waals surface area (Å²) in [5, 5.41) is 0. The average Bonchev–Trinajstić information content (AvgIpc) is 3.20. The maximum atomic E-state index is 13.2. The lowest BCUT2D eigenvalue weighted by Crippen LogP contribution is -2.55. The number of carbonyl (C=O) groups excluding carboxylic acids is 3. The fourth-order valence-corrected chi connectivity index (χ4v) is 4.12. The Bertz CT molecular complexity index is 937. The molecule has 190 valence electrons. The zero-order valence-electron chi connectivity index (χ0n) is 20.2. The highest BCUT2D eigenvalue weighted by Crippen LogP contribution is 2.30. The molecule has 1 atom stereocenters. The van der Waals surface area contributed by atoms with Gasteiger partial charge >= 0.3 is 12.3 Å². The molecule has 1 fully saturated rings. The Labute approximate surface area is 196 Å². The van der Waals surface area contributed by atoms with E-state index in [4.69, 9.17) is 0 Å². The van der Waals surface area contributed by atoms with E-state index in [2.05, 4.69) is 9.72 Å². The number of aromatic nitrogens is 2. The van der Waals surface area contributed by atoms with Crippen LogP contribution in [-0.2, 0) is 22.6 Å². The number of ether oxygens (including phenoxy) is 1. The lowest BCUT2D eigenvalue weighted by Gasteiger charge is -2.44. The summed E-state index contributed by atoms with van der Waals surface area (Å²) in [5.74, 6) is 0.293. The monoisotopic (exact) mass is 487 g/mol. The highest BCUT2D eigenvalue weighted by atomic mass is 19.4. The molecule has 34 heavy (non-hydrogen) atoms. The highest BCUT2D eigenvalue weighted by Gasteiger charge is 2.42. The Morgan fingerprint density at radius 1 is 1.09 bits per heavy atom. The maximum absolute atomic E-state index is 13.2. The van der Waals surface area contributed by atoms with Gasteiger partial charge in [-0.3, -0.25) is 9.59 Å². The molecule has 9 nitrogen and oxygen atoms in total. The quantitative estimate of drug-likeness (QED) is 0.652. The normalized spacial score (nSPS) is 19.0. The van der Waals surface area contributed by atoms with Crippen molar-refractivity contribution in [2.75, 3.05) is 26.7 Å². The number of amides is 3. The van der Waals surface area contributed by atoms with Crippen molar-refractivity contribution in [1.29, 1.82) is 0 Å². The maximum Gasteiger partial charge on any atom is 0.425 e. The van der Waals surface area contributed by atoms with Crippen LogP contribution in [0.1, 0.15) is 56.8 Å². The second kappa shape index (κ2) is 9.46. The van der Waals surface area contributed by atoms with Crippen molar-refractivity contribution in [2.24, 2.45) is 5.92 Å². The van der Waals surface area contributed by atoms with Gasteiger partial charge in [0, 0.05) is 50.9 Å². The second-order valence-corrected chi connectivity index (χ2v) is 9.57. The van der Waals surface area contributed by atoms with Gasteiger partial charge in [0.25, 0.3) is 5.91 Å². The van der Waals surface area contributed by atoms with Crippen molar-refractivity contribution in [3.05, 3.63) is 17.7 Å². The van der Waals surface area contributed by atoms with Crippen molar-refractivity contribution >= 4 is 17.9 Å². The first-order chi connectivity index (χ1) is 15.7. The van der Waals surface area contributed by atoms with Crippen molar-refractivity contribution in [1.82, 2.24) is 24.3 Å². The van der Waals surface area contributed by atoms with Crippen LogP contribution >= 0.6 is 0 Å². The molecule has 0 aromatic carbocycles. The van der Waals surface area contributed by atoms with Gasteiger partial charge in [0.05, 0.1) is 6.54 Å². The second-order valence-electron chi connectivity index (χ2n) is 9.57. The van der Waals surface area contributed by atoms with E-state index in [1.807, 2.05) is 25.3 Å². The molecule has 1 aromatic heterocycles. The Hall–Kier alpha value is -2.79. The summed E-state index contributed by atoms with van der Waals surface area (Å²) in [6.45, 7) is 8.16. The molecule has 0 aliphatic carbocycles. The van der Waals surface area contributed by atoms with E-state index in [1.165, 1.54) is 4.90 Å². The summed E-state index contributed by atoms with van der Waals surface area (Å²) in [4.78, 5) is 46.6. The Kier molecular flexibility index (Phi) is 7.18. The summed E-state index contributed by atoms with van der Waals surface area (Å²) >= 11 is 0. The molecule has 3 rings (SSSR count). The van der Waals surface area contributed by atoms with Crippen LogP contribution in [-0.4, -0.2) is 86.7 Å². The molecule has 3 heterocycles. The van der Waals surface area contributed by atoms with Gasteiger partial charge in [-0.05, 0) is 26.7 Å². The number of halogens is 3. The number of rotatable bonds is 4. The van der Waals surface area contributed by atoms with Crippen LogP contribution < -0.4 is 0 Å². The van der Waals surface area contributed by atoms with Crippen LogP contribution in [0, 0.1) is 5.92 Å². The minimum Gasteiger partial charge on any atom is -0.437 e. The summed E-state index contributed by atoms with van der Waals surface area (Å²) < 4.78 is 44.4. The van der Waals surface area contributed by atoms with Gasteiger partial charge in [-0.15, -0.1) is 0 Å². The van der Waals surface area contributed by atoms with Crippen LogP contribution in [0.25, 0.3) is 0 Å². The number of imidazole rings is 1. The predicted octanol–water partition coefficient (Wildman–Crippen LogP) is 2.90. The van der Waals surface area contributed by atoms with E-state index >= 15 is 0 Å². The van der Waals surface area contributed by atoms with Gasteiger partial charge in [0.1, 0.15) is 11.5 Å². The summed E-state index contributed by atoms with van der Waals surface area (Å²) in [6.07, 6.45) is -5.35. The van der Waals surface area contributed by atoms with Crippen LogP contribution in [0.2, 0.25) is 0 Å². The first-order valence-corrected chi connectivity index (χ1v) is 11.4. The Balaban J connectivity index is 1.61. The Morgan fingerprint density at radius 2 is 1.71 bits per heavy atom. The van der Waals surface area contributed by atoms with Crippen molar-refractivity contribution in [3.63, 3.8) is 0 Å². The summed E-state index contributed by atoms with van der Waals surface area (Å²) in [7, 11) is 1.66. The standard InChI is InChI=1S/C22H32F3N5O4/c1-14(2)18(31)30-11-10-29-12-16(26-17(29)13-30)19(32)27(5)21(4)6-8-28(9-7-21)20(33)34-15(3)22(23,24)25/h12,14-15H,6-11,13H2,1-5H3. The average molecular weight is 488 g/mol. The first kappa shape index (κ1) is 25.8. The molecule has 2 aliphatic heterocycles. The smallest absolute Gasteiger partial charge is 0.425 e. The van der Waals surface area contributed by atoms with E-state index in [9.17, 15) is 27.6 Å². The number of nitrogens with zero attached hydrogens (tertiary/aromatic N) is 5. The third-order valence-electron chi connectivity index (χ3n) is 6.78. The molecule has 1 unspecified atom stereocenters. The van der Waals surface area contributed by atoms with Crippen LogP contribution in [0.5, 0.6) is 0 Å². The fourth-order valence-electron chi connectivity index (χ4n) is 4.12. The molecular weight excluding hydrogens is 455 g/mol. The summed E-state index contributed by atoms with van der Waals surface area (Å²) in [5.41, 5.74) is -0.328. The summed E-state index contributed by atoms with van der Waals surface area (Å²) in [6, 6.07) is 0. The molecule has 1 aromatic rings. The van der Waals surface area contributed by atoms with Crippen LogP contribution in [0.15, 0.2) is 6.20 Å². The van der Waals surface area contributed by atoms with E-state index in [1.54, 1.807) is 23.0 Å². The molecule has 0 spiro atoms. The molecule has 2 aliphatic rings. The zero-order valence-corrected chi connectivity index (χ0v) is 20.2. The van der Waals surface area contributed by atoms with E-state index in [0.29, 0.717) is 38.3 Å². The molecule has 0 saturated carbocycles. The van der Waals surface area contributed by atoms with E-state index in [-0.39, 0.29) is 36.5 Å². The van der Waals surface area contributed by atoms with Gasteiger partial charge in [-0.2, -0.15) is 13.2 Å². The molecule has 0 N–H and O–H groups in total. The Morgan fingerprint density at radius 3 is 2.26 bits per heavy atom. The highest BCUT2D eigenvalue weighted by molar-refractivity contribution is 5.92. The van der Waals surface area contributed by atoms with Gasteiger partial charge < -0.3 is 24.0 Å². The number of piperidine rings is 1. The van der Waals surface area contributed by atoms with Gasteiger partial charge in [-0.1, -0.05) is 13.8 Å². The zero-order chi connectivity index (χ0) is 25.4. The molecular formula is C22H32F3N5O4. The minimum atomic E-state index is -4.62. The van der Waals surface area contributed by atoms with Crippen LogP contribution in [0.3, 0.4) is 0 Å². The lowest BCUT2D eigenvalue weighted by molar-refractivity contribution is -0.200. The number of hydrogen-bond donors (Lipinski definition) is 0. The van der Waals surface area contributed by atoms with Gasteiger partial charge in [0.15, 0.2) is 6.10 Å². The number of hydrogen-bond acceptors (Lipinski definition) is 5. The largest absolute Gasteiger partial charge is 0.437 e. The number of alkyl halides is 3. The molecule has 1 saturated heterocycles. The third kappa shape index (κ3) is 5.30. The van der Waals surface area contributed by atoms with E-state index < -0.39 is 23.9 Å². The topological polar surface area (TPSA) is 88.0 Å². The number of likely N-dealkylation sites (tertiary alicyclic amines) is 1. The molecule has 0 bridgehead atoms. The number of fused-ring (bicyclic) bond motifs is 1. The SMILES string of the molecule is CC(C)C(=O)N1CCn2cc(C(=O)N(C)C3(C)CCN(C(=O)OC(C)C(F)(F)F)CC3)nc2C1. The molecule has 0 radical (unpaired) electrons.